The van der Waals surface area contributed by atoms with Gasteiger partial charge in [0.2, 0.25) is 0 Å². The van der Waals surface area contributed by atoms with Crippen molar-refractivity contribution in [3.8, 4) is 5.75 Å². The molecule has 148 valence electrons. The summed E-state index contributed by atoms with van der Waals surface area (Å²) in [5, 5.41) is 0. The summed E-state index contributed by atoms with van der Waals surface area (Å²) in [5.74, 6) is 0.663. The predicted molar refractivity (Wildman–Crippen MR) is 103 cm³/mol. The highest BCUT2D eigenvalue weighted by molar-refractivity contribution is 5.91. The monoisotopic (exact) mass is 388 g/mol. The van der Waals surface area contributed by atoms with Gasteiger partial charge in [-0.2, -0.15) is 13.2 Å². The summed E-state index contributed by atoms with van der Waals surface area (Å²) in [4.78, 5) is 12.4. The summed E-state index contributed by atoms with van der Waals surface area (Å²) in [6.45, 7) is 8.29. The van der Waals surface area contributed by atoms with Gasteiger partial charge in [0, 0.05) is 0 Å². The standard InChI is InChI=1S/C23H23F3O2/c1-13(2)18-10-5-14(3)19-12-21(15(4)11-20(18)19)28-22(27)16-6-8-17(9-7-16)23(24,25)26/h5-9,11-13,18H,10H2,1-4H3/t18-/m1/s1. The molecule has 0 aromatic heterocycles. The number of carbonyl (C=O) groups is 1. The first-order chi connectivity index (χ1) is 13.1. The number of carbonyl (C=O) groups excluding carboxylic acids is 1. The second-order valence-corrected chi connectivity index (χ2v) is 7.64. The number of halogens is 3. The van der Waals surface area contributed by atoms with Gasteiger partial charge in [-0.3, -0.25) is 0 Å². The molecule has 28 heavy (non-hydrogen) atoms. The minimum Gasteiger partial charge on any atom is -0.423 e. The maximum Gasteiger partial charge on any atom is 0.416 e. The van der Waals surface area contributed by atoms with Crippen LogP contribution in [-0.4, -0.2) is 5.97 Å². The Morgan fingerprint density at radius 2 is 1.75 bits per heavy atom. The number of rotatable bonds is 3. The molecule has 0 saturated carbocycles. The van der Waals surface area contributed by atoms with Crippen molar-refractivity contribution in [3.63, 3.8) is 0 Å². The van der Waals surface area contributed by atoms with Gasteiger partial charge in [-0.1, -0.05) is 26.0 Å². The Labute approximate surface area is 163 Å². The molecule has 0 bridgehead atoms. The molecule has 3 rings (SSSR count). The van der Waals surface area contributed by atoms with E-state index in [1.54, 1.807) is 0 Å². The van der Waals surface area contributed by atoms with Crippen LogP contribution < -0.4 is 4.74 Å². The van der Waals surface area contributed by atoms with Crippen molar-refractivity contribution in [2.45, 2.75) is 46.2 Å². The predicted octanol–water partition coefficient (Wildman–Crippen LogP) is 6.78. The number of hydrogen-bond acceptors (Lipinski definition) is 2. The van der Waals surface area contributed by atoms with Crippen molar-refractivity contribution in [2.75, 3.05) is 0 Å². The van der Waals surface area contributed by atoms with E-state index in [0.717, 1.165) is 47.4 Å². The van der Waals surface area contributed by atoms with Crippen molar-refractivity contribution in [1.82, 2.24) is 0 Å². The first-order valence-electron chi connectivity index (χ1n) is 9.29. The lowest BCUT2D eigenvalue weighted by Gasteiger charge is -2.28. The Hall–Kier alpha value is -2.56. The molecule has 0 saturated heterocycles. The first-order valence-corrected chi connectivity index (χ1v) is 9.29. The van der Waals surface area contributed by atoms with Gasteiger partial charge < -0.3 is 4.74 Å². The van der Waals surface area contributed by atoms with Gasteiger partial charge in [0.05, 0.1) is 11.1 Å². The minimum absolute atomic E-state index is 0.0810. The fourth-order valence-electron chi connectivity index (χ4n) is 3.59. The number of aryl methyl sites for hydroxylation is 1. The van der Waals surface area contributed by atoms with Crippen molar-refractivity contribution in [2.24, 2.45) is 5.92 Å². The van der Waals surface area contributed by atoms with E-state index in [-0.39, 0.29) is 5.56 Å². The van der Waals surface area contributed by atoms with Crippen LogP contribution in [0.25, 0.3) is 5.57 Å². The lowest BCUT2D eigenvalue weighted by molar-refractivity contribution is -0.137. The third-order valence-electron chi connectivity index (χ3n) is 5.30. The molecule has 0 fully saturated rings. The largest absolute Gasteiger partial charge is 0.423 e. The molecule has 5 heteroatoms. The van der Waals surface area contributed by atoms with E-state index < -0.39 is 17.7 Å². The topological polar surface area (TPSA) is 26.3 Å². The lowest BCUT2D eigenvalue weighted by atomic mass is 9.77. The molecule has 0 spiro atoms. The molecule has 1 atom stereocenters. The highest BCUT2D eigenvalue weighted by atomic mass is 19.4. The maximum atomic E-state index is 12.7. The van der Waals surface area contributed by atoms with E-state index in [0.29, 0.717) is 17.6 Å². The van der Waals surface area contributed by atoms with Gasteiger partial charge in [0.15, 0.2) is 0 Å². The molecular weight excluding hydrogens is 365 g/mol. The molecule has 1 aliphatic rings. The third-order valence-corrected chi connectivity index (χ3v) is 5.30. The number of alkyl halides is 3. The normalized spacial score (nSPS) is 16.6. The summed E-state index contributed by atoms with van der Waals surface area (Å²) in [6.07, 6.45) is -1.25. The van der Waals surface area contributed by atoms with Gasteiger partial charge in [0.25, 0.3) is 0 Å². The zero-order valence-corrected chi connectivity index (χ0v) is 16.4. The zero-order chi connectivity index (χ0) is 20.6. The van der Waals surface area contributed by atoms with Crippen LogP contribution in [0.15, 0.2) is 42.5 Å². The fraction of sp³-hybridized carbons (Fsp3) is 0.348. The summed E-state index contributed by atoms with van der Waals surface area (Å²) in [7, 11) is 0. The summed E-state index contributed by atoms with van der Waals surface area (Å²) in [6, 6.07) is 7.98. The van der Waals surface area contributed by atoms with Gasteiger partial charge in [-0.25, -0.2) is 4.79 Å². The molecule has 1 aliphatic carbocycles. The Balaban J connectivity index is 1.88. The smallest absolute Gasteiger partial charge is 0.416 e. The Kier molecular flexibility index (Phi) is 5.37. The third kappa shape index (κ3) is 3.98. The molecule has 0 aliphatic heterocycles. The van der Waals surface area contributed by atoms with Crippen molar-refractivity contribution in [1.29, 1.82) is 0 Å². The van der Waals surface area contributed by atoms with Crippen molar-refractivity contribution >= 4 is 11.5 Å². The van der Waals surface area contributed by atoms with E-state index in [2.05, 4.69) is 26.0 Å². The van der Waals surface area contributed by atoms with Gasteiger partial charge in [0.1, 0.15) is 5.75 Å². The molecule has 0 unspecified atom stereocenters. The molecule has 2 aromatic rings. The Bertz CT molecular complexity index is 922. The quantitative estimate of drug-likeness (QED) is 0.428. The molecule has 2 nitrogen and oxygen atoms in total. The second-order valence-electron chi connectivity index (χ2n) is 7.64. The number of ether oxygens (including phenoxy) is 1. The van der Waals surface area contributed by atoms with Crippen molar-refractivity contribution < 1.29 is 22.7 Å². The van der Waals surface area contributed by atoms with Crippen LogP contribution in [0.2, 0.25) is 0 Å². The average Bonchev–Trinajstić information content (AvgIpc) is 2.62. The highest BCUT2D eigenvalue weighted by Crippen LogP contribution is 2.41. The van der Waals surface area contributed by atoms with Gasteiger partial charge in [-0.15, -0.1) is 0 Å². The molecule has 0 N–H and O–H groups in total. The summed E-state index contributed by atoms with van der Waals surface area (Å²) in [5.41, 5.74) is 3.57. The Morgan fingerprint density at radius 3 is 2.32 bits per heavy atom. The molecular formula is C23H23F3O2. The SMILES string of the molecule is CC1=CC[C@H](C(C)C)c2cc(C)c(OC(=O)c3ccc(C(F)(F)F)cc3)cc21. The van der Waals surface area contributed by atoms with Crippen LogP contribution in [0, 0.1) is 12.8 Å². The first kappa shape index (κ1) is 20.2. The van der Waals surface area contributed by atoms with Crippen LogP contribution in [-0.2, 0) is 6.18 Å². The molecule has 0 radical (unpaired) electrons. The van der Waals surface area contributed by atoms with Crippen LogP contribution >= 0.6 is 0 Å². The number of benzene rings is 2. The lowest BCUT2D eigenvalue weighted by Crippen LogP contribution is -2.14. The number of hydrogen-bond donors (Lipinski definition) is 0. The maximum absolute atomic E-state index is 12.7. The van der Waals surface area contributed by atoms with E-state index in [9.17, 15) is 18.0 Å². The number of esters is 1. The number of allylic oxidation sites excluding steroid dienone is 2. The highest BCUT2D eigenvalue weighted by Gasteiger charge is 2.30. The van der Waals surface area contributed by atoms with Crippen LogP contribution in [0.5, 0.6) is 5.75 Å². The van der Waals surface area contributed by atoms with E-state index in [1.165, 1.54) is 5.56 Å². The fourth-order valence-corrected chi connectivity index (χ4v) is 3.59. The number of fused-ring (bicyclic) bond motifs is 1. The molecule has 0 heterocycles. The van der Waals surface area contributed by atoms with Crippen molar-refractivity contribution in [3.05, 3.63) is 70.3 Å². The molecule has 2 aromatic carbocycles. The van der Waals surface area contributed by atoms with E-state index in [4.69, 9.17) is 4.74 Å². The van der Waals surface area contributed by atoms with Gasteiger partial charge >= 0.3 is 12.1 Å². The minimum atomic E-state index is -4.44. The van der Waals surface area contributed by atoms with Crippen LogP contribution in [0.4, 0.5) is 13.2 Å². The zero-order valence-electron chi connectivity index (χ0n) is 16.4. The average molecular weight is 388 g/mol. The second kappa shape index (κ2) is 7.46. The van der Waals surface area contributed by atoms with Crippen LogP contribution in [0.1, 0.15) is 65.7 Å². The van der Waals surface area contributed by atoms with E-state index >= 15 is 0 Å². The Morgan fingerprint density at radius 1 is 1.11 bits per heavy atom. The molecule has 0 amide bonds. The summed E-state index contributed by atoms with van der Waals surface area (Å²) < 4.78 is 43.6. The van der Waals surface area contributed by atoms with Gasteiger partial charge in [-0.05, 0) is 84.7 Å². The van der Waals surface area contributed by atoms with E-state index in [1.807, 2.05) is 19.9 Å². The summed E-state index contributed by atoms with van der Waals surface area (Å²) >= 11 is 0. The van der Waals surface area contributed by atoms with Crippen LogP contribution in [0.3, 0.4) is 0 Å².